The highest BCUT2D eigenvalue weighted by molar-refractivity contribution is 14.0. The summed E-state index contributed by atoms with van der Waals surface area (Å²) in [5, 5.41) is 6.97. The first-order chi connectivity index (χ1) is 12.2. The van der Waals surface area contributed by atoms with Crippen LogP contribution in [0.5, 0.6) is 0 Å². The van der Waals surface area contributed by atoms with Gasteiger partial charge in [-0.25, -0.2) is 0 Å². The Morgan fingerprint density at radius 3 is 2.46 bits per heavy atom. The van der Waals surface area contributed by atoms with Gasteiger partial charge in [-0.2, -0.15) is 0 Å². The van der Waals surface area contributed by atoms with Crippen molar-refractivity contribution in [3.8, 4) is 0 Å². The molecule has 154 valence electrons. The van der Waals surface area contributed by atoms with Gasteiger partial charge in [-0.05, 0) is 51.1 Å². The van der Waals surface area contributed by atoms with Crippen molar-refractivity contribution in [3.05, 3.63) is 0 Å². The average molecular weight is 479 g/mol. The molecule has 2 N–H and O–H groups in total. The van der Waals surface area contributed by atoms with Crippen molar-refractivity contribution >= 4 is 29.9 Å². The lowest BCUT2D eigenvalue weighted by Gasteiger charge is -2.32. The van der Waals surface area contributed by atoms with E-state index >= 15 is 0 Å². The predicted molar refractivity (Wildman–Crippen MR) is 124 cm³/mol. The Morgan fingerprint density at radius 2 is 1.77 bits per heavy atom. The van der Waals surface area contributed by atoms with Gasteiger partial charge in [0.2, 0.25) is 0 Å². The van der Waals surface area contributed by atoms with E-state index in [1.54, 1.807) is 0 Å². The molecule has 1 saturated heterocycles. The highest BCUT2D eigenvalue weighted by Gasteiger charge is 2.18. The summed E-state index contributed by atoms with van der Waals surface area (Å²) in [7, 11) is 4.09. The molecule has 1 aliphatic heterocycles. The number of likely N-dealkylation sites (N-methyl/N-ethyl adjacent to an activating group) is 1. The van der Waals surface area contributed by atoms with Gasteiger partial charge in [0.05, 0.1) is 0 Å². The normalized spacial score (nSPS) is 25.6. The van der Waals surface area contributed by atoms with Crippen LogP contribution in [0.15, 0.2) is 4.99 Å². The molecule has 0 aromatic rings. The first kappa shape index (κ1) is 24.0. The zero-order chi connectivity index (χ0) is 17.9. The van der Waals surface area contributed by atoms with E-state index in [9.17, 15) is 0 Å². The van der Waals surface area contributed by atoms with E-state index in [1.165, 1.54) is 77.7 Å². The van der Waals surface area contributed by atoms with Gasteiger partial charge < -0.3 is 20.4 Å². The Bertz CT molecular complexity index is 382. The topological polar surface area (TPSA) is 42.9 Å². The van der Waals surface area contributed by atoms with Crippen LogP contribution in [-0.4, -0.2) is 75.7 Å². The molecule has 26 heavy (non-hydrogen) atoms. The fraction of sp³-hybridized carbons (Fsp3) is 0.950. The minimum Gasteiger partial charge on any atom is -0.356 e. The minimum atomic E-state index is 0. The number of rotatable bonds is 8. The number of nitrogens with zero attached hydrogens (tertiary/aromatic N) is 3. The van der Waals surface area contributed by atoms with Crippen molar-refractivity contribution in [3.63, 3.8) is 0 Å². The molecule has 0 radical (unpaired) electrons. The maximum atomic E-state index is 4.36. The van der Waals surface area contributed by atoms with E-state index in [1.807, 2.05) is 7.05 Å². The zero-order valence-corrected chi connectivity index (χ0v) is 19.6. The second kappa shape index (κ2) is 14.0. The summed E-state index contributed by atoms with van der Waals surface area (Å²) in [5.41, 5.74) is 0. The van der Waals surface area contributed by atoms with Gasteiger partial charge in [-0.3, -0.25) is 4.99 Å². The largest absolute Gasteiger partial charge is 0.356 e. The van der Waals surface area contributed by atoms with Crippen LogP contribution in [0.25, 0.3) is 0 Å². The average Bonchev–Trinajstić information content (AvgIpc) is 2.61. The van der Waals surface area contributed by atoms with Crippen LogP contribution < -0.4 is 10.6 Å². The Hall–Kier alpha value is -0.0800. The van der Waals surface area contributed by atoms with E-state index in [4.69, 9.17) is 0 Å². The SMILES string of the molecule is CN=C(NCCCCN1CCN(C)CC1)NCCC1CCCC(C)C1.I. The highest BCUT2D eigenvalue weighted by atomic mass is 127. The van der Waals surface area contributed by atoms with E-state index in [0.29, 0.717) is 0 Å². The quantitative estimate of drug-likeness (QED) is 0.243. The highest BCUT2D eigenvalue weighted by Crippen LogP contribution is 2.30. The second-order valence-electron chi connectivity index (χ2n) is 8.20. The molecule has 2 atom stereocenters. The number of halogens is 1. The van der Waals surface area contributed by atoms with Crippen LogP contribution >= 0.6 is 24.0 Å². The number of piperazine rings is 1. The van der Waals surface area contributed by atoms with E-state index in [2.05, 4.69) is 39.4 Å². The Balaban J connectivity index is 0.00000338. The lowest BCUT2D eigenvalue weighted by molar-refractivity contribution is 0.152. The standard InChI is InChI=1S/C20H41N5.HI/c1-18-7-6-8-19(17-18)9-11-23-20(21-2)22-10-4-5-12-25-15-13-24(3)14-16-25;/h18-19H,4-17H2,1-3H3,(H2,21,22,23);1H. The Labute approximate surface area is 178 Å². The molecule has 0 aromatic carbocycles. The third kappa shape index (κ3) is 9.74. The van der Waals surface area contributed by atoms with Crippen molar-refractivity contribution in [2.75, 3.05) is 59.9 Å². The predicted octanol–water partition coefficient (Wildman–Crippen LogP) is 3.01. The Morgan fingerprint density at radius 1 is 1.04 bits per heavy atom. The van der Waals surface area contributed by atoms with Gasteiger partial charge in [0, 0.05) is 46.3 Å². The van der Waals surface area contributed by atoms with Gasteiger partial charge in [-0.1, -0.05) is 26.2 Å². The summed E-state index contributed by atoms with van der Waals surface area (Å²) >= 11 is 0. The lowest BCUT2D eigenvalue weighted by Crippen LogP contribution is -2.44. The van der Waals surface area contributed by atoms with Crippen molar-refractivity contribution in [2.45, 2.75) is 51.9 Å². The molecule has 2 aliphatic rings. The first-order valence-electron chi connectivity index (χ1n) is 10.5. The summed E-state index contributed by atoms with van der Waals surface area (Å²) < 4.78 is 0. The number of guanidine groups is 1. The third-order valence-electron chi connectivity index (χ3n) is 5.90. The molecule has 0 spiro atoms. The van der Waals surface area contributed by atoms with Crippen molar-refractivity contribution in [2.24, 2.45) is 16.8 Å². The molecule has 1 saturated carbocycles. The van der Waals surface area contributed by atoms with Crippen LogP contribution in [0.4, 0.5) is 0 Å². The Kier molecular flexibility index (Phi) is 12.9. The minimum absolute atomic E-state index is 0. The number of hydrogen-bond acceptors (Lipinski definition) is 3. The molecular weight excluding hydrogens is 437 g/mol. The molecule has 1 aliphatic carbocycles. The van der Waals surface area contributed by atoms with E-state index < -0.39 is 0 Å². The molecule has 5 nitrogen and oxygen atoms in total. The molecule has 0 aromatic heterocycles. The van der Waals surface area contributed by atoms with Crippen LogP contribution in [0.3, 0.4) is 0 Å². The summed E-state index contributed by atoms with van der Waals surface area (Å²) in [4.78, 5) is 9.37. The van der Waals surface area contributed by atoms with Crippen molar-refractivity contribution < 1.29 is 0 Å². The van der Waals surface area contributed by atoms with Gasteiger partial charge >= 0.3 is 0 Å². The van der Waals surface area contributed by atoms with E-state index in [0.717, 1.165) is 30.9 Å². The van der Waals surface area contributed by atoms with Gasteiger partial charge in [-0.15, -0.1) is 24.0 Å². The van der Waals surface area contributed by atoms with E-state index in [-0.39, 0.29) is 24.0 Å². The maximum Gasteiger partial charge on any atom is 0.190 e. The smallest absolute Gasteiger partial charge is 0.190 e. The molecule has 1 heterocycles. The molecule has 2 fully saturated rings. The fourth-order valence-corrected chi connectivity index (χ4v) is 4.18. The van der Waals surface area contributed by atoms with Crippen LogP contribution in [0.2, 0.25) is 0 Å². The summed E-state index contributed by atoms with van der Waals surface area (Å²) in [6.45, 7) is 10.6. The molecule has 6 heteroatoms. The van der Waals surface area contributed by atoms with Crippen molar-refractivity contribution in [1.29, 1.82) is 0 Å². The zero-order valence-electron chi connectivity index (χ0n) is 17.3. The molecule has 2 rings (SSSR count). The molecule has 0 amide bonds. The van der Waals surface area contributed by atoms with Crippen LogP contribution in [0.1, 0.15) is 51.9 Å². The van der Waals surface area contributed by atoms with Crippen molar-refractivity contribution in [1.82, 2.24) is 20.4 Å². The number of unbranched alkanes of at least 4 members (excludes halogenated alkanes) is 1. The fourth-order valence-electron chi connectivity index (χ4n) is 4.18. The van der Waals surface area contributed by atoms with Gasteiger partial charge in [0.15, 0.2) is 5.96 Å². The first-order valence-corrected chi connectivity index (χ1v) is 10.5. The van der Waals surface area contributed by atoms with Crippen LogP contribution in [0, 0.1) is 11.8 Å². The third-order valence-corrected chi connectivity index (χ3v) is 5.90. The van der Waals surface area contributed by atoms with Gasteiger partial charge in [0.25, 0.3) is 0 Å². The number of nitrogens with one attached hydrogen (secondary N) is 2. The summed E-state index contributed by atoms with van der Waals surface area (Å²) in [6.07, 6.45) is 9.47. The van der Waals surface area contributed by atoms with Crippen LogP contribution in [-0.2, 0) is 0 Å². The number of hydrogen-bond donors (Lipinski definition) is 2. The number of aliphatic imine (C=N–C) groups is 1. The summed E-state index contributed by atoms with van der Waals surface area (Å²) in [6, 6.07) is 0. The molecular formula is C20H42IN5. The molecule has 0 bridgehead atoms. The lowest BCUT2D eigenvalue weighted by atomic mass is 9.81. The monoisotopic (exact) mass is 479 g/mol. The molecule has 2 unspecified atom stereocenters. The second-order valence-corrected chi connectivity index (χ2v) is 8.20. The maximum absolute atomic E-state index is 4.36. The summed E-state index contributed by atoms with van der Waals surface area (Å²) in [5.74, 6) is 2.82. The van der Waals surface area contributed by atoms with Gasteiger partial charge in [0.1, 0.15) is 0 Å².